The molecule has 1 heterocycles. The van der Waals surface area contributed by atoms with E-state index in [0.29, 0.717) is 11.5 Å². The van der Waals surface area contributed by atoms with Crippen molar-refractivity contribution in [2.75, 3.05) is 26.9 Å². The molecule has 1 N–H and O–H groups in total. The zero-order valence-corrected chi connectivity index (χ0v) is 13.1. The Morgan fingerprint density at radius 2 is 1.95 bits per heavy atom. The minimum absolute atomic E-state index is 0.234. The first-order valence-corrected chi connectivity index (χ1v) is 8.62. The zero-order chi connectivity index (χ0) is 13.9. The smallest absolute Gasteiger partial charge is 0.0697 e. The lowest BCUT2D eigenvalue weighted by atomic mass is 9.78. The van der Waals surface area contributed by atoms with Gasteiger partial charge in [-0.1, -0.05) is 19.3 Å². The van der Waals surface area contributed by atoms with E-state index in [2.05, 4.69) is 5.32 Å². The molecular weight excluding hydrogens is 250 g/mol. The third-order valence-electron chi connectivity index (χ3n) is 5.82. The summed E-state index contributed by atoms with van der Waals surface area (Å²) >= 11 is 0. The van der Waals surface area contributed by atoms with Crippen molar-refractivity contribution < 1.29 is 9.47 Å². The molecule has 3 aliphatic rings. The fourth-order valence-electron chi connectivity index (χ4n) is 4.12. The van der Waals surface area contributed by atoms with E-state index < -0.39 is 0 Å². The minimum Gasteiger partial charge on any atom is -0.385 e. The van der Waals surface area contributed by atoms with Crippen molar-refractivity contribution in [1.82, 2.24) is 5.32 Å². The maximum Gasteiger partial charge on any atom is 0.0697 e. The molecule has 0 amide bonds. The Morgan fingerprint density at radius 3 is 2.65 bits per heavy atom. The van der Waals surface area contributed by atoms with Gasteiger partial charge in [-0.15, -0.1) is 0 Å². The largest absolute Gasteiger partial charge is 0.385 e. The van der Waals surface area contributed by atoms with E-state index in [1.165, 1.54) is 70.8 Å². The Morgan fingerprint density at radius 1 is 1.15 bits per heavy atom. The Balaban J connectivity index is 1.46. The topological polar surface area (TPSA) is 30.5 Å². The Labute approximate surface area is 123 Å². The van der Waals surface area contributed by atoms with Crippen LogP contribution in [0.3, 0.4) is 0 Å². The number of hydrogen-bond donors (Lipinski definition) is 1. The molecule has 20 heavy (non-hydrogen) atoms. The molecule has 0 aromatic carbocycles. The lowest BCUT2D eigenvalue weighted by molar-refractivity contribution is -0.109. The van der Waals surface area contributed by atoms with Crippen LogP contribution in [0.5, 0.6) is 0 Å². The SMILES string of the molecule is COCCC1(CNC2CCOC3(CCCCC3)C2)CC1. The minimum atomic E-state index is 0.234. The predicted molar refractivity (Wildman–Crippen MR) is 81.0 cm³/mol. The summed E-state index contributed by atoms with van der Waals surface area (Å²) in [6.07, 6.45) is 13.2. The fraction of sp³-hybridized carbons (Fsp3) is 1.00. The molecule has 3 nitrogen and oxygen atoms in total. The lowest BCUT2D eigenvalue weighted by Gasteiger charge is -2.44. The second kappa shape index (κ2) is 6.33. The van der Waals surface area contributed by atoms with Gasteiger partial charge in [0, 0.05) is 32.9 Å². The quantitative estimate of drug-likeness (QED) is 0.810. The molecule has 1 aliphatic heterocycles. The molecule has 116 valence electrons. The molecular formula is C17H31NO2. The monoisotopic (exact) mass is 281 g/mol. The van der Waals surface area contributed by atoms with Gasteiger partial charge in [0.15, 0.2) is 0 Å². The molecule has 2 aliphatic carbocycles. The van der Waals surface area contributed by atoms with Crippen molar-refractivity contribution in [2.45, 2.75) is 75.9 Å². The molecule has 1 unspecified atom stereocenters. The van der Waals surface area contributed by atoms with Crippen molar-refractivity contribution in [2.24, 2.45) is 5.41 Å². The van der Waals surface area contributed by atoms with Crippen LogP contribution in [-0.2, 0) is 9.47 Å². The van der Waals surface area contributed by atoms with Crippen molar-refractivity contribution >= 4 is 0 Å². The van der Waals surface area contributed by atoms with Crippen LogP contribution in [0, 0.1) is 5.41 Å². The van der Waals surface area contributed by atoms with Crippen molar-refractivity contribution in [3.05, 3.63) is 0 Å². The first kappa shape index (κ1) is 14.8. The van der Waals surface area contributed by atoms with E-state index in [-0.39, 0.29) is 5.60 Å². The van der Waals surface area contributed by atoms with E-state index >= 15 is 0 Å². The molecule has 0 radical (unpaired) electrons. The number of nitrogens with one attached hydrogen (secondary N) is 1. The highest BCUT2D eigenvalue weighted by Gasteiger charge is 2.43. The average Bonchev–Trinajstić information content (AvgIpc) is 3.25. The van der Waals surface area contributed by atoms with Gasteiger partial charge < -0.3 is 14.8 Å². The first-order chi connectivity index (χ1) is 9.76. The second-order valence-electron chi connectivity index (χ2n) is 7.41. The van der Waals surface area contributed by atoms with E-state index in [4.69, 9.17) is 9.47 Å². The van der Waals surface area contributed by atoms with Crippen LogP contribution in [0.25, 0.3) is 0 Å². The van der Waals surface area contributed by atoms with E-state index in [1.807, 2.05) is 7.11 Å². The van der Waals surface area contributed by atoms with Gasteiger partial charge >= 0.3 is 0 Å². The summed E-state index contributed by atoms with van der Waals surface area (Å²) in [6.45, 7) is 3.07. The Kier molecular flexibility index (Phi) is 4.68. The normalized spacial score (nSPS) is 31.4. The third kappa shape index (κ3) is 3.55. The average molecular weight is 281 g/mol. The molecule has 1 atom stereocenters. The number of methoxy groups -OCH3 is 1. The van der Waals surface area contributed by atoms with Crippen LogP contribution >= 0.6 is 0 Å². The van der Waals surface area contributed by atoms with E-state index in [1.54, 1.807) is 0 Å². The van der Waals surface area contributed by atoms with Gasteiger partial charge in [0.1, 0.15) is 0 Å². The summed E-state index contributed by atoms with van der Waals surface area (Å²) < 4.78 is 11.4. The standard InChI is InChI=1S/C17H31NO2/c1-19-12-10-16(8-9-16)14-18-15-5-11-20-17(13-15)6-3-2-4-7-17/h15,18H,2-14H2,1H3. The van der Waals surface area contributed by atoms with Crippen LogP contribution in [0.1, 0.15) is 64.2 Å². The molecule has 3 rings (SSSR count). The highest BCUT2D eigenvalue weighted by atomic mass is 16.5. The Bertz CT molecular complexity index is 303. The van der Waals surface area contributed by atoms with Crippen LogP contribution in [-0.4, -0.2) is 38.5 Å². The van der Waals surface area contributed by atoms with Gasteiger partial charge in [0.25, 0.3) is 0 Å². The van der Waals surface area contributed by atoms with Gasteiger partial charge in [-0.25, -0.2) is 0 Å². The predicted octanol–water partition coefficient (Wildman–Crippen LogP) is 3.27. The van der Waals surface area contributed by atoms with Crippen LogP contribution in [0.4, 0.5) is 0 Å². The number of ether oxygens (including phenoxy) is 2. The molecule has 1 spiro atoms. The summed E-state index contributed by atoms with van der Waals surface area (Å²) in [6, 6.07) is 0.682. The van der Waals surface area contributed by atoms with E-state index in [0.717, 1.165) is 13.2 Å². The van der Waals surface area contributed by atoms with E-state index in [9.17, 15) is 0 Å². The molecule has 3 fully saturated rings. The maximum atomic E-state index is 6.19. The fourth-order valence-corrected chi connectivity index (χ4v) is 4.12. The van der Waals surface area contributed by atoms with Crippen molar-refractivity contribution in [3.8, 4) is 0 Å². The van der Waals surface area contributed by atoms with Gasteiger partial charge in [-0.3, -0.25) is 0 Å². The summed E-state index contributed by atoms with van der Waals surface area (Å²) in [5.74, 6) is 0. The molecule has 0 bridgehead atoms. The van der Waals surface area contributed by atoms with Gasteiger partial charge in [0.2, 0.25) is 0 Å². The molecule has 3 heteroatoms. The highest BCUT2D eigenvalue weighted by Crippen LogP contribution is 2.48. The number of hydrogen-bond acceptors (Lipinski definition) is 3. The molecule has 1 saturated heterocycles. The summed E-state index contributed by atoms with van der Waals surface area (Å²) in [7, 11) is 1.81. The maximum absolute atomic E-state index is 6.19. The lowest BCUT2D eigenvalue weighted by Crippen LogP contribution is -2.49. The van der Waals surface area contributed by atoms with Crippen molar-refractivity contribution in [3.63, 3.8) is 0 Å². The van der Waals surface area contributed by atoms with Gasteiger partial charge in [0.05, 0.1) is 5.60 Å². The summed E-state index contributed by atoms with van der Waals surface area (Å²) in [5.41, 5.74) is 0.797. The molecule has 0 aromatic rings. The number of rotatable bonds is 6. The zero-order valence-electron chi connectivity index (χ0n) is 13.1. The highest BCUT2D eigenvalue weighted by molar-refractivity contribution is 4.97. The van der Waals surface area contributed by atoms with Crippen LogP contribution < -0.4 is 5.32 Å². The third-order valence-corrected chi connectivity index (χ3v) is 5.82. The molecule has 0 aromatic heterocycles. The van der Waals surface area contributed by atoms with Crippen LogP contribution in [0.15, 0.2) is 0 Å². The van der Waals surface area contributed by atoms with Crippen LogP contribution in [0.2, 0.25) is 0 Å². The summed E-state index contributed by atoms with van der Waals surface area (Å²) in [5, 5.41) is 3.87. The first-order valence-electron chi connectivity index (χ1n) is 8.62. The Hall–Kier alpha value is -0.120. The summed E-state index contributed by atoms with van der Waals surface area (Å²) in [4.78, 5) is 0. The van der Waals surface area contributed by atoms with Gasteiger partial charge in [-0.2, -0.15) is 0 Å². The second-order valence-corrected chi connectivity index (χ2v) is 7.41. The molecule has 2 saturated carbocycles. The van der Waals surface area contributed by atoms with Crippen molar-refractivity contribution in [1.29, 1.82) is 0 Å². The van der Waals surface area contributed by atoms with Gasteiger partial charge in [-0.05, 0) is 50.4 Å².